The summed E-state index contributed by atoms with van der Waals surface area (Å²) in [7, 11) is 1.44. The number of ether oxygens (including phenoxy) is 1. The van der Waals surface area contributed by atoms with Crippen molar-refractivity contribution < 1.29 is 27.5 Å². The summed E-state index contributed by atoms with van der Waals surface area (Å²) in [6, 6.07) is 18.7. The summed E-state index contributed by atoms with van der Waals surface area (Å²) in [5, 5.41) is 14.3. The van der Waals surface area contributed by atoms with Crippen molar-refractivity contribution in [1.29, 1.82) is 0 Å². The zero-order valence-corrected chi connectivity index (χ0v) is 22.9. The number of benzene rings is 3. The molecule has 41 heavy (non-hydrogen) atoms. The van der Waals surface area contributed by atoms with E-state index in [2.05, 4.69) is 25.8 Å². The predicted molar refractivity (Wildman–Crippen MR) is 149 cm³/mol. The van der Waals surface area contributed by atoms with Gasteiger partial charge in [-0.2, -0.15) is 13.2 Å². The van der Waals surface area contributed by atoms with Crippen molar-refractivity contribution in [3.63, 3.8) is 0 Å². The molecule has 0 unspecified atom stereocenters. The molecule has 2 amide bonds. The number of carbonyl (C=O) groups is 2. The van der Waals surface area contributed by atoms with E-state index >= 15 is 0 Å². The Labute approximate surface area is 239 Å². The summed E-state index contributed by atoms with van der Waals surface area (Å²) in [6.07, 6.45) is -4.58. The Kier molecular flexibility index (Phi) is 8.21. The normalized spacial score (nSPS) is 11.4. The van der Waals surface area contributed by atoms with E-state index in [0.717, 1.165) is 34.1 Å². The number of carbonyl (C=O) groups excluding carboxylic acids is 2. The van der Waals surface area contributed by atoms with Crippen molar-refractivity contribution in [2.75, 3.05) is 18.2 Å². The second-order valence-electron chi connectivity index (χ2n) is 8.49. The van der Waals surface area contributed by atoms with Crippen molar-refractivity contribution >= 4 is 50.3 Å². The third-order valence-corrected chi connectivity index (χ3v) is 7.64. The number of thiazole rings is 1. The molecule has 0 aliphatic rings. The van der Waals surface area contributed by atoms with Crippen molar-refractivity contribution in [2.24, 2.45) is 0 Å². The van der Waals surface area contributed by atoms with Crippen LogP contribution in [0.15, 0.2) is 78.0 Å². The van der Waals surface area contributed by atoms with Gasteiger partial charge in [-0.05, 0) is 42.5 Å². The minimum Gasteiger partial charge on any atom is -0.496 e. The smallest absolute Gasteiger partial charge is 0.416 e. The number of fused-ring (bicyclic) bond motifs is 1. The first-order valence-corrected chi connectivity index (χ1v) is 13.8. The third kappa shape index (κ3) is 6.49. The lowest BCUT2D eigenvalue weighted by Crippen LogP contribution is -2.25. The molecule has 9 nitrogen and oxygen atoms in total. The quantitative estimate of drug-likeness (QED) is 0.214. The topological polar surface area (TPSA) is 111 Å². The van der Waals surface area contributed by atoms with Gasteiger partial charge >= 0.3 is 6.18 Å². The summed E-state index contributed by atoms with van der Waals surface area (Å²) in [4.78, 5) is 29.9. The highest BCUT2D eigenvalue weighted by molar-refractivity contribution is 7.99. The molecule has 0 saturated heterocycles. The van der Waals surface area contributed by atoms with Crippen LogP contribution in [-0.2, 0) is 17.5 Å². The van der Waals surface area contributed by atoms with Crippen molar-refractivity contribution in [3.8, 4) is 11.4 Å². The molecule has 5 rings (SSSR count). The van der Waals surface area contributed by atoms with E-state index in [0.29, 0.717) is 10.9 Å². The van der Waals surface area contributed by atoms with Gasteiger partial charge in [0.2, 0.25) is 5.91 Å². The Morgan fingerprint density at radius 1 is 1.02 bits per heavy atom. The van der Waals surface area contributed by atoms with Crippen LogP contribution in [0.2, 0.25) is 0 Å². The fourth-order valence-corrected chi connectivity index (χ4v) is 5.54. The molecule has 0 aliphatic carbocycles. The number of methoxy groups -OCH3 is 1. The molecule has 0 aliphatic heterocycles. The monoisotopic (exact) mass is 598 g/mol. The number of amides is 2. The zero-order chi connectivity index (χ0) is 29.0. The van der Waals surface area contributed by atoms with E-state index in [9.17, 15) is 22.8 Å². The van der Waals surface area contributed by atoms with Gasteiger partial charge in [0, 0.05) is 0 Å². The van der Waals surface area contributed by atoms with Gasteiger partial charge < -0.3 is 15.4 Å². The Morgan fingerprint density at radius 3 is 2.59 bits per heavy atom. The highest BCUT2D eigenvalue weighted by atomic mass is 32.2. The van der Waals surface area contributed by atoms with Gasteiger partial charge in [0.25, 0.3) is 5.91 Å². The van der Waals surface area contributed by atoms with Crippen LogP contribution in [0.3, 0.4) is 0 Å². The van der Waals surface area contributed by atoms with Gasteiger partial charge in [0.1, 0.15) is 5.75 Å². The van der Waals surface area contributed by atoms with Gasteiger partial charge in [-0.1, -0.05) is 53.4 Å². The van der Waals surface area contributed by atoms with Crippen LogP contribution in [0.5, 0.6) is 5.75 Å². The standard InChI is InChI=1S/C27H21F3N6O3S2/c1-39-20-11-4-2-9-18(20)24(38)31-14-22-34-35-26(36(22)17-8-6-7-16(13-17)27(28,29)30)40-15-23(37)33-25-32-19-10-3-5-12-21(19)41-25/h2-13H,14-15H2,1H3,(H,31,38)(H,32,33,37). The number of alkyl halides is 3. The van der Waals surface area contributed by atoms with E-state index in [1.807, 2.05) is 24.3 Å². The molecular formula is C27H21F3N6O3S2. The van der Waals surface area contributed by atoms with Crippen LogP contribution < -0.4 is 15.4 Å². The molecule has 14 heteroatoms. The summed E-state index contributed by atoms with van der Waals surface area (Å²) >= 11 is 2.31. The van der Waals surface area contributed by atoms with Crippen LogP contribution in [0.4, 0.5) is 18.3 Å². The average molecular weight is 599 g/mol. The number of aromatic nitrogens is 4. The lowest BCUT2D eigenvalue weighted by Gasteiger charge is -2.14. The molecule has 2 aromatic heterocycles. The van der Waals surface area contributed by atoms with Crippen LogP contribution in [0.25, 0.3) is 15.9 Å². The maximum absolute atomic E-state index is 13.5. The lowest BCUT2D eigenvalue weighted by atomic mass is 10.2. The molecule has 210 valence electrons. The molecule has 5 aromatic rings. The Bertz CT molecular complexity index is 1690. The summed E-state index contributed by atoms with van der Waals surface area (Å²) in [5.41, 5.74) is 0.295. The number of hydrogen-bond donors (Lipinski definition) is 2. The van der Waals surface area contributed by atoms with Crippen LogP contribution >= 0.6 is 23.1 Å². The van der Waals surface area contributed by atoms with E-state index in [1.165, 1.54) is 35.1 Å². The zero-order valence-electron chi connectivity index (χ0n) is 21.3. The third-order valence-electron chi connectivity index (χ3n) is 5.76. The van der Waals surface area contributed by atoms with Gasteiger partial charge in [-0.15, -0.1) is 10.2 Å². The number of rotatable bonds is 9. The number of halogens is 3. The van der Waals surface area contributed by atoms with E-state index in [-0.39, 0.29) is 40.4 Å². The molecule has 0 radical (unpaired) electrons. The summed E-state index contributed by atoms with van der Waals surface area (Å²) < 4.78 is 48.0. The molecule has 0 atom stereocenters. The molecule has 2 N–H and O–H groups in total. The Morgan fingerprint density at radius 2 is 1.80 bits per heavy atom. The van der Waals surface area contributed by atoms with Crippen molar-refractivity contribution in [3.05, 3.63) is 89.7 Å². The van der Waals surface area contributed by atoms with Gasteiger partial charge in [0.05, 0.1) is 46.4 Å². The first kappa shape index (κ1) is 28.1. The lowest BCUT2D eigenvalue weighted by molar-refractivity contribution is -0.137. The molecule has 0 saturated carbocycles. The van der Waals surface area contributed by atoms with E-state index in [4.69, 9.17) is 4.74 Å². The van der Waals surface area contributed by atoms with Gasteiger partial charge in [-0.3, -0.25) is 14.2 Å². The molecule has 0 bridgehead atoms. The number of nitrogens with zero attached hydrogens (tertiary/aromatic N) is 4. The van der Waals surface area contributed by atoms with Gasteiger partial charge in [-0.25, -0.2) is 4.98 Å². The number of hydrogen-bond acceptors (Lipinski definition) is 8. The maximum Gasteiger partial charge on any atom is 0.416 e. The first-order chi connectivity index (χ1) is 19.7. The number of thioether (sulfide) groups is 1. The molecule has 2 heterocycles. The number of anilines is 1. The Hall–Kier alpha value is -4.43. The number of nitrogens with one attached hydrogen (secondary N) is 2. The van der Waals surface area contributed by atoms with Crippen LogP contribution in [0.1, 0.15) is 21.7 Å². The molecular weight excluding hydrogens is 577 g/mol. The fraction of sp³-hybridized carbons (Fsp3) is 0.148. The second-order valence-corrected chi connectivity index (χ2v) is 10.5. The minimum absolute atomic E-state index is 0.111. The van der Waals surface area contributed by atoms with Crippen LogP contribution in [-0.4, -0.2) is 44.4 Å². The van der Waals surface area contributed by atoms with Crippen molar-refractivity contribution in [2.45, 2.75) is 17.9 Å². The second kappa shape index (κ2) is 12.0. The average Bonchev–Trinajstić information content (AvgIpc) is 3.57. The fourth-order valence-electron chi connectivity index (χ4n) is 3.89. The highest BCUT2D eigenvalue weighted by Gasteiger charge is 2.31. The van der Waals surface area contributed by atoms with Crippen LogP contribution in [0, 0.1) is 0 Å². The number of para-hydroxylation sites is 2. The maximum atomic E-state index is 13.5. The van der Waals surface area contributed by atoms with Crippen molar-refractivity contribution in [1.82, 2.24) is 25.1 Å². The predicted octanol–water partition coefficient (Wildman–Crippen LogP) is 5.57. The van der Waals surface area contributed by atoms with E-state index < -0.39 is 17.6 Å². The molecule has 0 fully saturated rings. The van der Waals surface area contributed by atoms with Gasteiger partial charge in [0.15, 0.2) is 16.1 Å². The summed E-state index contributed by atoms with van der Waals surface area (Å²) in [6.45, 7) is -0.154. The summed E-state index contributed by atoms with van der Waals surface area (Å²) in [5.74, 6) is -0.425. The largest absolute Gasteiger partial charge is 0.496 e. The SMILES string of the molecule is COc1ccccc1C(=O)NCc1nnc(SCC(=O)Nc2nc3ccccc3s2)n1-c1cccc(C(F)(F)F)c1. The Balaban J connectivity index is 1.37. The highest BCUT2D eigenvalue weighted by Crippen LogP contribution is 2.32. The first-order valence-electron chi connectivity index (χ1n) is 12.0. The molecule has 0 spiro atoms. The van der Waals surface area contributed by atoms with E-state index in [1.54, 1.807) is 24.3 Å². The minimum atomic E-state index is -4.58. The molecule has 3 aromatic carbocycles.